The van der Waals surface area contributed by atoms with Crippen LogP contribution in [-0.2, 0) is 5.41 Å². The molecule has 0 bridgehead atoms. The molecule has 2 heterocycles. The smallest absolute Gasteiger partial charge is 0.148 e. The number of nitrogens with one attached hydrogen (secondary N) is 2. The number of nitrogens with zero attached hydrogens (tertiary/aromatic N) is 3. The molecule has 0 saturated carbocycles. The SMILES string of the molecule is Cc1ccc(C(C)(C)CNc2ccc(-c3cnc(C)[nH]3)nn2)cc1. The molecule has 0 amide bonds. The van der Waals surface area contributed by atoms with Crippen LogP contribution in [0, 0.1) is 13.8 Å². The van der Waals surface area contributed by atoms with Crippen molar-refractivity contribution in [3.05, 3.63) is 59.5 Å². The van der Waals surface area contributed by atoms with Gasteiger partial charge in [0.25, 0.3) is 0 Å². The fourth-order valence-electron chi connectivity index (χ4n) is 2.54. The molecule has 0 atom stereocenters. The van der Waals surface area contributed by atoms with E-state index in [1.807, 2.05) is 19.1 Å². The van der Waals surface area contributed by atoms with Gasteiger partial charge in [0.15, 0.2) is 0 Å². The summed E-state index contributed by atoms with van der Waals surface area (Å²) >= 11 is 0. The first-order chi connectivity index (χ1) is 11.4. The van der Waals surface area contributed by atoms with Crippen molar-refractivity contribution >= 4 is 5.82 Å². The molecule has 2 N–H and O–H groups in total. The quantitative estimate of drug-likeness (QED) is 0.748. The van der Waals surface area contributed by atoms with Crippen molar-refractivity contribution in [2.24, 2.45) is 0 Å². The van der Waals surface area contributed by atoms with Crippen molar-refractivity contribution in [2.75, 3.05) is 11.9 Å². The Kier molecular flexibility index (Phi) is 4.34. The summed E-state index contributed by atoms with van der Waals surface area (Å²) in [5.41, 5.74) is 4.26. The number of rotatable bonds is 5. The molecule has 2 aromatic heterocycles. The number of aromatic amines is 1. The maximum atomic E-state index is 4.27. The van der Waals surface area contributed by atoms with E-state index in [9.17, 15) is 0 Å². The number of H-pyrrole nitrogens is 1. The third-order valence-electron chi connectivity index (χ3n) is 4.19. The molecule has 5 heteroatoms. The van der Waals surface area contributed by atoms with Gasteiger partial charge in [-0.05, 0) is 31.5 Å². The maximum absolute atomic E-state index is 4.27. The predicted octanol–water partition coefficient (Wildman–Crippen LogP) is 3.87. The zero-order chi connectivity index (χ0) is 17.2. The lowest BCUT2D eigenvalue weighted by Crippen LogP contribution is -2.28. The van der Waals surface area contributed by atoms with E-state index in [-0.39, 0.29) is 5.41 Å². The van der Waals surface area contributed by atoms with Gasteiger partial charge in [-0.1, -0.05) is 43.7 Å². The molecule has 0 fully saturated rings. The van der Waals surface area contributed by atoms with Gasteiger partial charge in [0, 0.05) is 12.0 Å². The molecular formula is C19H23N5. The van der Waals surface area contributed by atoms with Crippen LogP contribution < -0.4 is 5.32 Å². The summed E-state index contributed by atoms with van der Waals surface area (Å²) in [6.07, 6.45) is 1.77. The molecule has 3 rings (SSSR count). The van der Waals surface area contributed by atoms with Gasteiger partial charge in [0.2, 0.25) is 0 Å². The number of imidazole rings is 1. The Morgan fingerprint density at radius 3 is 2.33 bits per heavy atom. The number of hydrogen-bond donors (Lipinski definition) is 2. The van der Waals surface area contributed by atoms with E-state index in [2.05, 4.69) is 70.5 Å². The Morgan fingerprint density at radius 2 is 1.75 bits per heavy atom. The Labute approximate surface area is 142 Å². The molecule has 0 aliphatic heterocycles. The average Bonchev–Trinajstić information content (AvgIpc) is 3.00. The van der Waals surface area contributed by atoms with E-state index in [4.69, 9.17) is 0 Å². The minimum absolute atomic E-state index is 0.00847. The van der Waals surface area contributed by atoms with Crippen LogP contribution >= 0.6 is 0 Å². The Bertz CT molecular complexity index is 801. The lowest BCUT2D eigenvalue weighted by Gasteiger charge is -2.26. The van der Waals surface area contributed by atoms with E-state index in [1.165, 1.54) is 11.1 Å². The summed E-state index contributed by atoms with van der Waals surface area (Å²) in [6.45, 7) is 9.25. The molecule has 0 aliphatic carbocycles. The molecular weight excluding hydrogens is 298 g/mol. The average molecular weight is 321 g/mol. The monoisotopic (exact) mass is 321 g/mol. The number of anilines is 1. The van der Waals surface area contributed by atoms with Gasteiger partial charge in [-0.2, -0.15) is 0 Å². The first kappa shape index (κ1) is 16.2. The topological polar surface area (TPSA) is 66.5 Å². The second-order valence-electron chi connectivity index (χ2n) is 6.79. The summed E-state index contributed by atoms with van der Waals surface area (Å²) in [7, 11) is 0. The van der Waals surface area contributed by atoms with Crippen molar-refractivity contribution in [1.29, 1.82) is 0 Å². The lowest BCUT2D eigenvalue weighted by atomic mass is 9.84. The largest absolute Gasteiger partial charge is 0.368 e. The first-order valence-electron chi connectivity index (χ1n) is 8.11. The van der Waals surface area contributed by atoms with Gasteiger partial charge in [-0.15, -0.1) is 10.2 Å². The molecule has 24 heavy (non-hydrogen) atoms. The summed E-state index contributed by atoms with van der Waals surface area (Å²) in [5.74, 6) is 1.64. The van der Waals surface area contributed by atoms with Gasteiger partial charge in [0.1, 0.15) is 17.3 Å². The van der Waals surface area contributed by atoms with Gasteiger partial charge in [-0.3, -0.25) is 0 Å². The molecule has 1 aromatic carbocycles. The van der Waals surface area contributed by atoms with E-state index >= 15 is 0 Å². The Balaban J connectivity index is 1.67. The third kappa shape index (κ3) is 3.62. The highest BCUT2D eigenvalue weighted by molar-refractivity contribution is 5.54. The van der Waals surface area contributed by atoms with Crippen LogP contribution in [0.4, 0.5) is 5.82 Å². The zero-order valence-electron chi connectivity index (χ0n) is 14.6. The van der Waals surface area contributed by atoms with Crippen LogP contribution in [0.1, 0.15) is 30.8 Å². The maximum Gasteiger partial charge on any atom is 0.148 e. The van der Waals surface area contributed by atoms with E-state index < -0.39 is 0 Å². The summed E-state index contributed by atoms with van der Waals surface area (Å²) in [4.78, 5) is 7.34. The summed E-state index contributed by atoms with van der Waals surface area (Å²) in [6, 6.07) is 12.6. The van der Waals surface area contributed by atoms with Crippen LogP contribution in [-0.4, -0.2) is 26.7 Å². The highest BCUT2D eigenvalue weighted by atomic mass is 15.2. The molecule has 0 radical (unpaired) electrons. The minimum Gasteiger partial charge on any atom is -0.368 e. The van der Waals surface area contributed by atoms with Crippen LogP contribution in [0.3, 0.4) is 0 Å². The molecule has 124 valence electrons. The lowest BCUT2D eigenvalue weighted by molar-refractivity contribution is 0.555. The van der Waals surface area contributed by atoms with Crippen LogP contribution in [0.15, 0.2) is 42.6 Å². The van der Waals surface area contributed by atoms with Crippen LogP contribution in [0.25, 0.3) is 11.4 Å². The molecule has 5 nitrogen and oxygen atoms in total. The summed E-state index contributed by atoms with van der Waals surface area (Å²) < 4.78 is 0. The molecule has 0 spiro atoms. The number of aromatic nitrogens is 4. The molecule has 0 aliphatic rings. The van der Waals surface area contributed by atoms with Gasteiger partial charge >= 0.3 is 0 Å². The fraction of sp³-hybridized carbons (Fsp3) is 0.316. The van der Waals surface area contributed by atoms with Crippen molar-refractivity contribution in [2.45, 2.75) is 33.1 Å². The number of hydrogen-bond acceptors (Lipinski definition) is 4. The van der Waals surface area contributed by atoms with Crippen molar-refractivity contribution < 1.29 is 0 Å². The number of benzene rings is 1. The van der Waals surface area contributed by atoms with Crippen molar-refractivity contribution in [3.63, 3.8) is 0 Å². The van der Waals surface area contributed by atoms with E-state index in [0.29, 0.717) is 0 Å². The molecule has 0 unspecified atom stereocenters. The van der Waals surface area contributed by atoms with Gasteiger partial charge in [0.05, 0.1) is 11.9 Å². The standard InChI is InChI=1S/C19H23N5/c1-13-5-7-15(8-6-13)19(3,4)12-21-18-10-9-16(23-24-18)17-11-20-14(2)22-17/h5-11H,12H2,1-4H3,(H,20,22)(H,21,24). The Morgan fingerprint density at radius 1 is 1.00 bits per heavy atom. The fourth-order valence-corrected chi connectivity index (χ4v) is 2.54. The highest BCUT2D eigenvalue weighted by Gasteiger charge is 2.20. The van der Waals surface area contributed by atoms with E-state index in [1.54, 1.807) is 6.20 Å². The van der Waals surface area contributed by atoms with Gasteiger partial charge < -0.3 is 10.3 Å². The van der Waals surface area contributed by atoms with Crippen molar-refractivity contribution in [3.8, 4) is 11.4 Å². The minimum atomic E-state index is 0.00847. The summed E-state index contributed by atoms with van der Waals surface area (Å²) in [5, 5.41) is 11.9. The van der Waals surface area contributed by atoms with E-state index in [0.717, 1.165) is 29.6 Å². The Hall–Kier alpha value is -2.69. The van der Waals surface area contributed by atoms with Crippen LogP contribution in [0.5, 0.6) is 0 Å². The van der Waals surface area contributed by atoms with Crippen molar-refractivity contribution in [1.82, 2.24) is 20.2 Å². The first-order valence-corrected chi connectivity index (χ1v) is 8.11. The second-order valence-corrected chi connectivity index (χ2v) is 6.79. The molecule has 3 aromatic rings. The normalized spacial score (nSPS) is 11.5. The van der Waals surface area contributed by atoms with Gasteiger partial charge in [-0.25, -0.2) is 4.98 Å². The second kappa shape index (κ2) is 6.43. The predicted molar refractivity (Wildman–Crippen MR) is 97.0 cm³/mol. The van der Waals surface area contributed by atoms with Crippen LogP contribution in [0.2, 0.25) is 0 Å². The zero-order valence-corrected chi connectivity index (χ0v) is 14.6. The number of aryl methyl sites for hydroxylation is 2. The highest BCUT2D eigenvalue weighted by Crippen LogP contribution is 2.24. The third-order valence-corrected chi connectivity index (χ3v) is 4.19. The molecule has 0 saturated heterocycles.